The zero-order valence-corrected chi connectivity index (χ0v) is 26.6. The molecule has 11 heteroatoms. The van der Waals surface area contributed by atoms with Crippen LogP contribution in [0.15, 0.2) is 78.9 Å². The van der Waals surface area contributed by atoms with Crippen LogP contribution in [0.5, 0.6) is 0 Å². The molecule has 238 valence electrons. The van der Waals surface area contributed by atoms with E-state index in [4.69, 9.17) is 4.74 Å². The molecule has 2 aliphatic heterocycles. The van der Waals surface area contributed by atoms with Crippen LogP contribution in [0.2, 0.25) is 0 Å². The van der Waals surface area contributed by atoms with Crippen molar-refractivity contribution in [2.24, 2.45) is 0 Å². The van der Waals surface area contributed by atoms with Gasteiger partial charge in [0.25, 0.3) is 5.91 Å². The first kappa shape index (κ1) is 35.4. The van der Waals surface area contributed by atoms with E-state index in [1.54, 1.807) is 42.2 Å². The van der Waals surface area contributed by atoms with Crippen molar-refractivity contribution in [2.75, 3.05) is 53.4 Å². The minimum Gasteiger partial charge on any atom is -0.367 e. The summed E-state index contributed by atoms with van der Waals surface area (Å²) in [6, 6.07) is 22.8. The Morgan fingerprint density at radius 3 is 2.11 bits per heavy atom. The number of halogens is 4. The third-order valence-electron chi connectivity index (χ3n) is 8.57. The number of hydrogen-bond donors (Lipinski definition) is 1. The Kier molecular flexibility index (Phi) is 12.3. The summed E-state index contributed by atoms with van der Waals surface area (Å²) in [6.45, 7) is 2.86. The van der Waals surface area contributed by atoms with E-state index in [0.717, 1.165) is 11.6 Å². The van der Waals surface area contributed by atoms with Gasteiger partial charge in [-0.25, -0.2) is 13.8 Å². The number of piperidine rings is 1. The summed E-state index contributed by atoms with van der Waals surface area (Å²) in [5, 5.41) is 1.67. The first-order chi connectivity index (χ1) is 20.2. The molecule has 1 unspecified atom stereocenters. The van der Waals surface area contributed by atoms with Gasteiger partial charge in [-0.1, -0.05) is 54.6 Å². The molecular formula is C33H40Cl2F2N4O3. The molecule has 7 nitrogen and oxygen atoms in total. The van der Waals surface area contributed by atoms with Gasteiger partial charge in [0.2, 0.25) is 5.91 Å². The third-order valence-corrected chi connectivity index (χ3v) is 8.57. The zero-order valence-electron chi connectivity index (χ0n) is 25.0. The van der Waals surface area contributed by atoms with Gasteiger partial charge in [-0.3, -0.25) is 15.0 Å². The van der Waals surface area contributed by atoms with Crippen molar-refractivity contribution in [1.29, 1.82) is 0 Å². The van der Waals surface area contributed by atoms with Crippen LogP contribution in [-0.4, -0.2) is 80.0 Å². The predicted octanol–water partition coefficient (Wildman–Crippen LogP) is 5.19. The highest BCUT2D eigenvalue weighted by Gasteiger charge is 2.45. The third kappa shape index (κ3) is 7.58. The quantitative estimate of drug-likeness (QED) is 0.341. The van der Waals surface area contributed by atoms with Gasteiger partial charge in [0.1, 0.15) is 5.60 Å². The van der Waals surface area contributed by atoms with Crippen LogP contribution < -0.4 is 5.43 Å². The number of hydrazine groups is 1. The monoisotopic (exact) mass is 648 g/mol. The SMILES string of the molecule is CN(C)NC(=O)C1(c2ccccc2)CCN(CCC2(c3ccc(F)c(F)c3)CN(C(=O)c3ccccc3)CCO2)CC1.Cl.Cl. The number of nitrogens with one attached hydrogen (secondary N) is 1. The van der Waals surface area contributed by atoms with Gasteiger partial charge in [0.05, 0.1) is 18.6 Å². The molecule has 0 spiro atoms. The zero-order chi connectivity index (χ0) is 29.7. The Hall–Kier alpha value is -3.08. The highest BCUT2D eigenvalue weighted by molar-refractivity contribution is 5.94. The van der Waals surface area contributed by atoms with Crippen LogP contribution >= 0.6 is 24.8 Å². The molecule has 2 amide bonds. The van der Waals surface area contributed by atoms with Crippen molar-refractivity contribution in [2.45, 2.75) is 30.3 Å². The van der Waals surface area contributed by atoms with Crippen LogP contribution in [0.3, 0.4) is 0 Å². The summed E-state index contributed by atoms with van der Waals surface area (Å²) >= 11 is 0. The Morgan fingerprint density at radius 2 is 1.50 bits per heavy atom. The Morgan fingerprint density at radius 1 is 0.864 bits per heavy atom. The number of morpholine rings is 1. The standard InChI is InChI=1S/C33H38F2N4O3.2ClH/c1-37(2)36-31(41)32(26-11-7-4-8-12-26)15-18-38(19-16-32)20-17-33(27-13-14-28(34)29(35)23-27)24-39(21-22-42-33)30(40)25-9-5-3-6-10-25;;/h3-14,23H,15-22,24H2,1-2H3,(H,36,41);2*1H. The van der Waals surface area contributed by atoms with Crippen molar-refractivity contribution in [1.82, 2.24) is 20.2 Å². The first-order valence-corrected chi connectivity index (χ1v) is 14.4. The molecule has 0 aromatic heterocycles. The molecule has 2 saturated heterocycles. The summed E-state index contributed by atoms with van der Waals surface area (Å²) in [5.41, 5.74) is 3.38. The number of hydrogen-bond acceptors (Lipinski definition) is 5. The summed E-state index contributed by atoms with van der Waals surface area (Å²) in [5.74, 6) is -2.02. The average Bonchev–Trinajstić information content (AvgIpc) is 3.02. The van der Waals surface area contributed by atoms with E-state index in [2.05, 4.69) is 10.3 Å². The second kappa shape index (κ2) is 15.3. The number of carbonyl (C=O) groups is 2. The fourth-order valence-electron chi connectivity index (χ4n) is 6.18. The molecule has 2 fully saturated rings. The van der Waals surface area contributed by atoms with Gasteiger partial charge in [0, 0.05) is 32.7 Å². The van der Waals surface area contributed by atoms with Crippen molar-refractivity contribution in [3.8, 4) is 0 Å². The van der Waals surface area contributed by atoms with E-state index in [9.17, 15) is 18.4 Å². The fourth-order valence-corrected chi connectivity index (χ4v) is 6.18. The average molecular weight is 650 g/mol. The molecule has 44 heavy (non-hydrogen) atoms. The van der Waals surface area contributed by atoms with E-state index in [1.807, 2.05) is 48.5 Å². The number of nitrogens with zero attached hydrogens (tertiary/aromatic N) is 3. The Bertz CT molecular complexity index is 1390. The van der Waals surface area contributed by atoms with Crippen LogP contribution in [0.4, 0.5) is 8.78 Å². The van der Waals surface area contributed by atoms with E-state index in [1.165, 1.54) is 6.07 Å². The van der Waals surface area contributed by atoms with Crippen molar-refractivity contribution in [3.05, 3.63) is 107 Å². The predicted molar refractivity (Wildman–Crippen MR) is 171 cm³/mol. The molecule has 2 aliphatic rings. The Balaban J connectivity index is 0.00000264. The molecule has 1 N–H and O–H groups in total. The van der Waals surface area contributed by atoms with Gasteiger partial charge in [-0.05, 0) is 67.7 Å². The maximum Gasteiger partial charge on any atom is 0.254 e. The van der Waals surface area contributed by atoms with E-state index in [-0.39, 0.29) is 49.8 Å². The number of amides is 2. The van der Waals surface area contributed by atoms with E-state index >= 15 is 0 Å². The summed E-state index contributed by atoms with van der Waals surface area (Å²) in [4.78, 5) is 30.9. The molecule has 3 aromatic rings. The van der Waals surface area contributed by atoms with Gasteiger partial charge < -0.3 is 14.5 Å². The van der Waals surface area contributed by atoms with Crippen LogP contribution in [0.1, 0.15) is 40.7 Å². The molecule has 5 rings (SSSR count). The minimum atomic E-state index is -1.01. The molecule has 2 heterocycles. The van der Waals surface area contributed by atoms with Gasteiger partial charge >= 0.3 is 0 Å². The minimum absolute atomic E-state index is 0. The molecule has 3 aromatic carbocycles. The second-order valence-corrected chi connectivity index (χ2v) is 11.4. The van der Waals surface area contributed by atoms with Crippen molar-refractivity contribution >= 4 is 36.6 Å². The van der Waals surface area contributed by atoms with Crippen molar-refractivity contribution < 1.29 is 23.1 Å². The van der Waals surface area contributed by atoms with Gasteiger partial charge in [0.15, 0.2) is 11.6 Å². The lowest BCUT2D eigenvalue weighted by Gasteiger charge is -2.45. The normalized spacial score (nSPS) is 19.9. The summed E-state index contributed by atoms with van der Waals surface area (Å²) < 4.78 is 34.8. The molecule has 0 radical (unpaired) electrons. The molecule has 0 bridgehead atoms. The maximum absolute atomic E-state index is 14.5. The summed E-state index contributed by atoms with van der Waals surface area (Å²) in [6.07, 6.45) is 1.74. The number of rotatable bonds is 8. The molecular weight excluding hydrogens is 609 g/mol. The first-order valence-electron chi connectivity index (χ1n) is 14.4. The number of likely N-dealkylation sites (tertiary alicyclic amines) is 1. The Labute approximate surface area is 270 Å². The molecule has 0 aliphatic carbocycles. The largest absolute Gasteiger partial charge is 0.367 e. The van der Waals surface area contributed by atoms with Gasteiger partial charge in [-0.2, -0.15) is 0 Å². The van der Waals surface area contributed by atoms with E-state index in [0.29, 0.717) is 56.6 Å². The smallest absolute Gasteiger partial charge is 0.254 e. The topological polar surface area (TPSA) is 65.1 Å². The molecule has 1 atom stereocenters. The highest BCUT2D eigenvalue weighted by Crippen LogP contribution is 2.38. The van der Waals surface area contributed by atoms with Crippen LogP contribution in [-0.2, 0) is 20.5 Å². The lowest BCUT2D eigenvalue weighted by Crippen LogP contribution is -2.55. The fraction of sp³-hybridized carbons (Fsp3) is 0.394. The number of carbonyl (C=O) groups excluding carboxylic acids is 2. The van der Waals surface area contributed by atoms with Gasteiger partial charge in [-0.15, -0.1) is 24.8 Å². The lowest BCUT2D eigenvalue weighted by molar-refractivity contribution is -0.133. The number of ether oxygens (including phenoxy) is 1. The van der Waals surface area contributed by atoms with E-state index < -0.39 is 22.7 Å². The van der Waals surface area contributed by atoms with Crippen LogP contribution in [0, 0.1) is 11.6 Å². The second-order valence-electron chi connectivity index (χ2n) is 11.4. The number of benzene rings is 3. The lowest BCUT2D eigenvalue weighted by atomic mass is 9.72. The van der Waals surface area contributed by atoms with Crippen LogP contribution in [0.25, 0.3) is 0 Å². The van der Waals surface area contributed by atoms with Crippen molar-refractivity contribution in [3.63, 3.8) is 0 Å². The highest BCUT2D eigenvalue weighted by atomic mass is 35.5. The maximum atomic E-state index is 14.5. The summed E-state index contributed by atoms with van der Waals surface area (Å²) in [7, 11) is 3.61. The molecule has 0 saturated carbocycles.